The van der Waals surface area contributed by atoms with Gasteiger partial charge in [-0.1, -0.05) is 23.4 Å². The average Bonchev–Trinajstić information content (AvgIpc) is 3.37. The first-order valence-corrected chi connectivity index (χ1v) is 9.05. The van der Waals surface area contributed by atoms with Crippen LogP contribution < -0.4 is 10.4 Å². The molecule has 0 radical (unpaired) electrons. The molecule has 9 nitrogen and oxygen atoms in total. The Bertz CT molecular complexity index is 1190. The summed E-state index contributed by atoms with van der Waals surface area (Å²) in [6, 6.07) is 7.44. The topological polar surface area (TPSA) is 100 Å². The Hall–Kier alpha value is -3.75. The molecule has 0 amide bonds. The highest BCUT2D eigenvalue weighted by atomic mass is 16.5. The fraction of sp³-hybridized carbons (Fsp3) is 0.250. The van der Waals surface area contributed by atoms with Crippen molar-refractivity contribution in [2.45, 2.75) is 26.9 Å². The monoisotopic (exact) mass is 395 g/mol. The summed E-state index contributed by atoms with van der Waals surface area (Å²) in [6.45, 7) is 4.44. The zero-order chi connectivity index (χ0) is 20.5. The third-order valence-electron chi connectivity index (χ3n) is 4.85. The normalized spacial score (nSPS) is 11.1. The number of hydrogen-bond acceptors (Lipinski definition) is 6. The third kappa shape index (κ3) is 3.42. The van der Waals surface area contributed by atoms with Crippen LogP contribution in [0, 0.1) is 13.8 Å². The SMILES string of the molecule is COc1ccccc1Cn1cc(O)n(-c2cnn(Cc3c(C)noc3C)c2)c1=O. The first-order chi connectivity index (χ1) is 14.0. The van der Waals surface area contributed by atoms with Gasteiger partial charge < -0.3 is 14.4 Å². The molecule has 0 atom stereocenters. The Morgan fingerprint density at radius 1 is 1.17 bits per heavy atom. The second-order valence-corrected chi connectivity index (χ2v) is 6.74. The average molecular weight is 395 g/mol. The molecule has 0 aliphatic rings. The Morgan fingerprint density at radius 3 is 2.69 bits per heavy atom. The second kappa shape index (κ2) is 7.34. The van der Waals surface area contributed by atoms with Crippen molar-refractivity contribution in [1.82, 2.24) is 24.1 Å². The van der Waals surface area contributed by atoms with Crippen molar-refractivity contribution in [3.8, 4) is 17.3 Å². The molecular formula is C20H21N5O4. The standard InChI is InChI=1S/C20H21N5O4/c1-13-17(14(2)29-22-13)11-24-10-16(8-21-24)25-19(26)12-23(20(25)27)9-15-6-4-5-7-18(15)28-3/h4-8,10,12,26H,9,11H2,1-3H3. The number of imidazole rings is 1. The van der Waals surface area contributed by atoms with Crippen molar-refractivity contribution in [1.29, 1.82) is 0 Å². The number of aromatic nitrogens is 5. The van der Waals surface area contributed by atoms with E-state index in [0.717, 1.165) is 22.6 Å². The number of para-hydroxylation sites is 1. The quantitative estimate of drug-likeness (QED) is 0.537. The van der Waals surface area contributed by atoms with E-state index in [1.165, 1.54) is 21.5 Å². The van der Waals surface area contributed by atoms with Gasteiger partial charge in [0.25, 0.3) is 0 Å². The Labute approximate surface area is 166 Å². The molecule has 4 rings (SSSR count). The van der Waals surface area contributed by atoms with Gasteiger partial charge in [-0.25, -0.2) is 9.36 Å². The van der Waals surface area contributed by atoms with Gasteiger partial charge in [0.1, 0.15) is 11.5 Å². The zero-order valence-corrected chi connectivity index (χ0v) is 16.4. The van der Waals surface area contributed by atoms with Crippen LogP contribution in [-0.4, -0.2) is 36.3 Å². The van der Waals surface area contributed by atoms with E-state index < -0.39 is 0 Å². The lowest BCUT2D eigenvalue weighted by Crippen LogP contribution is -2.23. The van der Waals surface area contributed by atoms with E-state index in [2.05, 4.69) is 10.3 Å². The van der Waals surface area contributed by atoms with Crippen LogP contribution >= 0.6 is 0 Å². The van der Waals surface area contributed by atoms with E-state index in [1.807, 2.05) is 38.1 Å². The molecule has 0 aliphatic heterocycles. The summed E-state index contributed by atoms with van der Waals surface area (Å²) in [5.74, 6) is 1.24. The second-order valence-electron chi connectivity index (χ2n) is 6.74. The minimum atomic E-state index is -0.370. The summed E-state index contributed by atoms with van der Waals surface area (Å²) in [5, 5.41) is 18.6. The molecule has 4 aromatic rings. The number of ether oxygens (including phenoxy) is 1. The van der Waals surface area contributed by atoms with Gasteiger partial charge in [0.05, 0.1) is 44.0 Å². The van der Waals surface area contributed by atoms with Crippen molar-refractivity contribution >= 4 is 0 Å². The summed E-state index contributed by atoms with van der Waals surface area (Å²) in [4.78, 5) is 12.9. The minimum Gasteiger partial charge on any atom is -0.496 e. The van der Waals surface area contributed by atoms with Crippen molar-refractivity contribution in [3.63, 3.8) is 0 Å². The Morgan fingerprint density at radius 2 is 1.97 bits per heavy atom. The molecule has 0 saturated carbocycles. The Balaban J connectivity index is 1.63. The molecule has 0 saturated heterocycles. The van der Waals surface area contributed by atoms with E-state index in [9.17, 15) is 9.90 Å². The van der Waals surface area contributed by atoms with E-state index in [-0.39, 0.29) is 18.1 Å². The lowest BCUT2D eigenvalue weighted by molar-refractivity contribution is 0.391. The fourth-order valence-corrected chi connectivity index (χ4v) is 3.30. The molecular weight excluding hydrogens is 374 g/mol. The summed E-state index contributed by atoms with van der Waals surface area (Å²) < 4.78 is 14.8. The van der Waals surface area contributed by atoms with Crippen LogP contribution in [-0.2, 0) is 13.1 Å². The van der Waals surface area contributed by atoms with E-state index in [1.54, 1.807) is 18.0 Å². The van der Waals surface area contributed by atoms with Crippen LogP contribution in [0.3, 0.4) is 0 Å². The molecule has 0 spiro atoms. The molecule has 150 valence electrons. The van der Waals surface area contributed by atoms with Crippen molar-refractivity contribution < 1.29 is 14.4 Å². The molecule has 9 heteroatoms. The third-order valence-corrected chi connectivity index (χ3v) is 4.85. The molecule has 3 aromatic heterocycles. The maximum absolute atomic E-state index is 12.9. The van der Waals surface area contributed by atoms with Crippen LogP contribution in [0.25, 0.3) is 5.69 Å². The highest BCUT2D eigenvalue weighted by Crippen LogP contribution is 2.20. The number of hydrogen-bond donors (Lipinski definition) is 1. The number of nitrogens with zero attached hydrogens (tertiary/aromatic N) is 5. The van der Waals surface area contributed by atoms with Gasteiger partial charge in [-0.05, 0) is 19.9 Å². The lowest BCUT2D eigenvalue weighted by atomic mass is 10.2. The van der Waals surface area contributed by atoms with Gasteiger partial charge in [0, 0.05) is 17.3 Å². The number of benzene rings is 1. The molecule has 0 aliphatic carbocycles. The van der Waals surface area contributed by atoms with Crippen molar-refractivity contribution in [3.05, 3.63) is 75.9 Å². The molecule has 0 unspecified atom stereocenters. The van der Waals surface area contributed by atoms with E-state index >= 15 is 0 Å². The number of aryl methyl sites for hydroxylation is 2. The van der Waals surface area contributed by atoms with Crippen molar-refractivity contribution in [2.24, 2.45) is 0 Å². The summed E-state index contributed by atoms with van der Waals surface area (Å²) in [6.07, 6.45) is 4.63. The van der Waals surface area contributed by atoms with Gasteiger partial charge in [-0.15, -0.1) is 0 Å². The minimum absolute atomic E-state index is 0.165. The van der Waals surface area contributed by atoms with E-state index in [4.69, 9.17) is 9.26 Å². The number of methoxy groups -OCH3 is 1. The van der Waals surface area contributed by atoms with Gasteiger partial charge in [0.15, 0.2) is 0 Å². The van der Waals surface area contributed by atoms with Crippen molar-refractivity contribution in [2.75, 3.05) is 7.11 Å². The molecule has 1 aromatic carbocycles. The molecule has 3 heterocycles. The van der Waals surface area contributed by atoms with Crippen LogP contribution in [0.15, 0.2) is 52.2 Å². The largest absolute Gasteiger partial charge is 0.496 e. The molecule has 0 fully saturated rings. The van der Waals surface area contributed by atoms with Gasteiger partial charge in [0.2, 0.25) is 5.88 Å². The maximum Gasteiger partial charge on any atom is 0.336 e. The van der Waals surface area contributed by atoms with Gasteiger partial charge in [-0.3, -0.25) is 9.25 Å². The van der Waals surface area contributed by atoms with Crippen LogP contribution in [0.4, 0.5) is 0 Å². The van der Waals surface area contributed by atoms with Crippen LogP contribution in [0.5, 0.6) is 11.6 Å². The summed E-state index contributed by atoms with van der Waals surface area (Å²) >= 11 is 0. The molecule has 0 bridgehead atoms. The highest BCUT2D eigenvalue weighted by molar-refractivity contribution is 5.35. The van der Waals surface area contributed by atoms with Crippen LogP contribution in [0.1, 0.15) is 22.6 Å². The first-order valence-electron chi connectivity index (χ1n) is 9.05. The zero-order valence-electron chi connectivity index (χ0n) is 16.4. The summed E-state index contributed by atoms with van der Waals surface area (Å²) in [7, 11) is 1.58. The predicted octanol–water partition coefficient (Wildman–Crippen LogP) is 2.25. The molecule has 1 N–H and O–H groups in total. The van der Waals surface area contributed by atoms with Gasteiger partial charge in [-0.2, -0.15) is 5.10 Å². The van der Waals surface area contributed by atoms with Crippen LogP contribution in [0.2, 0.25) is 0 Å². The maximum atomic E-state index is 12.9. The van der Waals surface area contributed by atoms with E-state index in [0.29, 0.717) is 18.0 Å². The molecule has 29 heavy (non-hydrogen) atoms. The lowest BCUT2D eigenvalue weighted by Gasteiger charge is -2.07. The number of rotatable bonds is 6. The van der Waals surface area contributed by atoms with Gasteiger partial charge >= 0.3 is 5.69 Å². The Kier molecular flexibility index (Phi) is 4.71. The predicted molar refractivity (Wildman–Crippen MR) is 105 cm³/mol. The first kappa shape index (κ1) is 18.6. The fourth-order valence-electron chi connectivity index (χ4n) is 3.30. The summed E-state index contributed by atoms with van der Waals surface area (Å²) in [5.41, 5.74) is 2.67. The smallest absolute Gasteiger partial charge is 0.336 e. The highest BCUT2D eigenvalue weighted by Gasteiger charge is 2.16. The number of aromatic hydroxyl groups is 1.